The number of aryl methyl sites for hydroxylation is 1. The summed E-state index contributed by atoms with van der Waals surface area (Å²) in [6.07, 6.45) is 1.90. The fraction of sp³-hybridized carbons (Fsp3) is 0.529. The molecule has 0 radical (unpaired) electrons. The van der Waals surface area contributed by atoms with Gasteiger partial charge in [-0.05, 0) is 44.4 Å². The van der Waals surface area contributed by atoms with Crippen molar-refractivity contribution in [3.63, 3.8) is 0 Å². The number of aliphatic hydroxyl groups is 1. The second-order valence-corrected chi connectivity index (χ2v) is 6.94. The van der Waals surface area contributed by atoms with E-state index in [1.165, 1.54) is 12.8 Å². The molecule has 0 aliphatic heterocycles. The van der Waals surface area contributed by atoms with Gasteiger partial charge in [-0.2, -0.15) is 0 Å². The molecular formula is C17H23N3O2S. The molecular weight excluding hydrogens is 310 g/mol. The van der Waals surface area contributed by atoms with Crippen LogP contribution >= 0.6 is 11.8 Å². The van der Waals surface area contributed by atoms with E-state index in [0.717, 1.165) is 28.8 Å². The van der Waals surface area contributed by atoms with Crippen molar-refractivity contribution in [2.75, 3.05) is 12.4 Å². The summed E-state index contributed by atoms with van der Waals surface area (Å²) in [6, 6.07) is 7.85. The summed E-state index contributed by atoms with van der Waals surface area (Å²) < 4.78 is 7.80. The van der Waals surface area contributed by atoms with Crippen molar-refractivity contribution in [1.82, 2.24) is 14.8 Å². The predicted molar refractivity (Wildman–Crippen MR) is 91.1 cm³/mol. The highest BCUT2D eigenvalue weighted by molar-refractivity contribution is 7.99. The molecule has 2 aromatic rings. The van der Waals surface area contributed by atoms with Gasteiger partial charge in [0.15, 0.2) is 5.16 Å². The molecule has 1 heterocycles. The average Bonchev–Trinajstić information content (AvgIpc) is 3.31. The maximum Gasteiger partial charge on any atom is 0.191 e. The molecule has 3 rings (SSSR count). The van der Waals surface area contributed by atoms with Crippen LogP contribution in [0.1, 0.15) is 37.1 Å². The SMILES string of the molecule is CCn1c(SCC(O)COc2cccc(C)c2)nnc1C1CC1. The van der Waals surface area contributed by atoms with Crippen LogP contribution in [0.4, 0.5) is 0 Å². The van der Waals surface area contributed by atoms with Crippen LogP contribution in [0.25, 0.3) is 0 Å². The molecule has 1 saturated carbocycles. The molecule has 5 nitrogen and oxygen atoms in total. The van der Waals surface area contributed by atoms with Gasteiger partial charge in [-0.25, -0.2) is 0 Å². The van der Waals surface area contributed by atoms with Crippen LogP contribution in [-0.2, 0) is 6.54 Å². The summed E-state index contributed by atoms with van der Waals surface area (Å²) in [5.41, 5.74) is 1.15. The van der Waals surface area contributed by atoms with E-state index in [2.05, 4.69) is 21.7 Å². The van der Waals surface area contributed by atoms with Crippen molar-refractivity contribution in [3.8, 4) is 5.75 Å². The molecule has 0 amide bonds. The largest absolute Gasteiger partial charge is 0.491 e. The van der Waals surface area contributed by atoms with Gasteiger partial charge in [0.2, 0.25) is 0 Å². The first-order chi connectivity index (χ1) is 11.2. The highest BCUT2D eigenvalue weighted by Gasteiger charge is 2.30. The van der Waals surface area contributed by atoms with Gasteiger partial charge < -0.3 is 14.4 Å². The van der Waals surface area contributed by atoms with Gasteiger partial charge in [0.25, 0.3) is 0 Å². The van der Waals surface area contributed by atoms with Crippen molar-refractivity contribution in [3.05, 3.63) is 35.7 Å². The highest BCUT2D eigenvalue weighted by atomic mass is 32.2. The Balaban J connectivity index is 1.50. The first kappa shape index (κ1) is 16.3. The molecule has 6 heteroatoms. The Morgan fingerprint density at radius 2 is 2.22 bits per heavy atom. The third-order valence-corrected chi connectivity index (χ3v) is 4.95. The molecule has 0 spiro atoms. The summed E-state index contributed by atoms with van der Waals surface area (Å²) in [5, 5.41) is 19.6. The number of thioether (sulfide) groups is 1. The van der Waals surface area contributed by atoms with Gasteiger partial charge in [-0.3, -0.25) is 0 Å². The Morgan fingerprint density at radius 3 is 2.91 bits per heavy atom. The van der Waals surface area contributed by atoms with Crippen LogP contribution in [0, 0.1) is 6.92 Å². The first-order valence-electron chi connectivity index (χ1n) is 8.10. The monoisotopic (exact) mass is 333 g/mol. The van der Waals surface area contributed by atoms with E-state index in [0.29, 0.717) is 11.7 Å². The van der Waals surface area contributed by atoms with Crippen LogP contribution in [0.2, 0.25) is 0 Å². The van der Waals surface area contributed by atoms with E-state index >= 15 is 0 Å². The standard InChI is InChI=1S/C17H23N3O2S/c1-3-20-16(13-7-8-13)18-19-17(20)23-11-14(21)10-22-15-6-4-5-12(2)9-15/h4-6,9,13-14,21H,3,7-8,10-11H2,1-2H3. The Morgan fingerprint density at radius 1 is 1.39 bits per heavy atom. The Bertz CT molecular complexity index is 655. The Kier molecular flexibility index (Phi) is 5.23. The van der Waals surface area contributed by atoms with Gasteiger partial charge in [-0.15, -0.1) is 10.2 Å². The number of nitrogens with zero attached hydrogens (tertiary/aromatic N) is 3. The molecule has 1 aromatic heterocycles. The van der Waals surface area contributed by atoms with Gasteiger partial charge >= 0.3 is 0 Å². The summed E-state index contributed by atoms with van der Waals surface area (Å²) in [6.45, 7) is 5.29. The number of hydrogen-bond acceptors (Lipinski definition) is 5. The van der Waals surface area contributed by atoms with E-state index in [1.54, 1.807) is 11.8 Å². The minimum absolute atomic E-state index is 0.284. The zero-order chi connectivity index (χ0) is 16.2. The molecule has 1 N–H and O–H groups in total. The lowest BCUT2D eigenvalue weighted by Gasteiger charge is -2.12. The molecule has 1 aliphatic carbocycles. The molecule has 23 heavy (non-hydrogen) atoms. The normalized spacial score (nSPS) is 15.6. The van der Waals surface area contributed by atoms with Gasteiger partial charge in [-0.1, -0.05) is 23.9 Å². The van der Waals surface area contributed by atoms with E-state index in [1.807, 2.05) is 31.2 Å². The quantitative estimate of drug-likeness (QED) is 0.753. The van der Waals surface area contributed by atoms with Crippen LogP contribution in [0.15, 0.2) is 29.4 Å². The maximum absolute atomic E-state index is 10.1. The zero-order valence-electron chi connectivity index (χ0n) is 13.6. The number of hydrogen-bond donors (Lipinski definition) is 1. The summed E-state index contributed by atoms with van der Waals surface area (Å²) >= 11 is 1.54. The summed E-state index contributed by atoms with van der Waals surface area (Å²) in [5.74, 6) is 3.03. The predicted octanol–water partition coefficient (Wildman–Crippen LogP) is 3.02. The Hall–Kier alpha value is -1.53. The number of aliphatic hydroxyl groups excluding tert-OH is 1. The molecule has 0 bridgehead atoms. The molecule has 1 fully saturated rings. The van der Waals surface area contributed by atoms with Crippen molar-refractivity contribution in [2.45, 2.75) is 50.4 Å². The molecule has 1 aliphatic rings. The molecule has 1 unspecified atom stereocenters. The van der Waals surface area contributed by atoms with E-state index in [4.69, 9.17) is 4.74 Å². The Labute approximate surface area is 141 Å². The molecule has 0 saturated heterocycles. The second-order valence-electron chi connectivity index (χ2n) is 5.95. The fourth-order valence-electron chi connectivity index (χ4n) is 2.46. The van der Waals surface area contributed by atoms with Crippen LogP contribution in [0.3, 0.4) is 0 Å². The topological polar surface area (TPSA) is 60.2 Å². The average molecular weight is 333 g/mol. The first-order valence-corrected chi connectivity index (χ1v) is 9.09. The van der Waals surface area contributed by atoms with Gasteiger partial charge in [0.1, 0.15) is 18.2 Å². The smallest absolute Gasteiger partial charge is 0.191 e. The van der Waals surface area contributed by atoms with Crippen molar-refractivity contribution in [1.29, 1.82) is 0 Å². The lowest BCUT2D eigenvalue weighted by Crippen LogP contribution is -2.20. The van der Waals surface area contributed by atoms with Crippen molar-refractivity contribution in [2.24, 2.45) is 0 Å². The third kappa shape index (κ3) is 4.26. The molecule has 1 atom stereocenters. The maximum atomic E-state index is 10.1. The second kappa shape index (κ2) is 7.36. The lowest BCUT2D eigenvalue weighted by molar-refractivity contribution is 0.126. The van der Waals surface area contributed by atoms with E-state index in [9.17, 15) is 5.11 Å². The minimum Gasteiger partial charge on any atom is -0.491 e. The van der Waals surface area contributed by atoms with Crippen LogP contribution in [-0.4, -0.2) is 38.3 Å². The number of rotatable bonds is 8. The zero-order valence-corrected chi connectivity index (χ0v) is 14.4. The van der Waals surface area contributed by atoms with Crippen LogP contribution in [0.5, 0.6) is 5.75 Å². The fourth-order valence-corrected chi connectivity index (χ4v) is 3.38. The van der Waals surface area contributed by atoms with Gasteiger partial charge in [0.05, 0.1) is 6.10 Å². The van der Waals surface area contributed by atoms with Crippen molar-refractivity contribution >= 4 is 11.8 Å². The van der Waals surface area contributed by atoms with Crippen molar-refractivity contribution < 1.29 is 9.84 Å². The molecule has 124 valence electrons. The van der Waals surface area contributed by atoms with E-state index < -0.39 is 6.10 Å². The van der Waals surface area contributed by atoms with Gasteiger partial charge in [0, 0.05) is 18.2 Å². The lowest BCUT2D eigenvalue weighted by atomic mass is 10.2. The summed E-state index contributed by atoms with van der Waals surface area (Å²) in [4.78, 5) is 0. The van der Waals surface area contributed by atoms with Crippen LogP contribution < -0.4 is 4.74 Å². The number of benzene rings is 1. The molecule has 1 aromatic carbocycles. The highest BCUT2D eigenvalue weighted by Crippen LogP contribution is 2.40. The summed E-state index contributed by atoms with van der Waals surface area (Å²) in [7, 11) is 0. The number of ether oxygens (including phenoxy) is 1. The minimum atomic E-state index is -0.535. The van der Waals surface area contributed by atoms with E-state index in [-0.39, 0.29) is 6.61 Å². The number of aromatic nitrogens is 3. The third-order valence-electron chi connectivity index (χ3n) is 3.84.